The van der Waals surface area contributed by atoms with E-state index in [1.165, 1.54) is 5.56 Å². The Hall–Kier alpha value is -4.27. The molecule has 55 heavy (non-hydrogen) atoms. The molecule has 4 heterocycles. The van der Waals surface area contributed by atoms with Crippen molar-refractivity contribution >= 4 is 49.1 Å². The quantitative estimate of drug-likeness (QED) is 0.0887. The van der Waals surface area contributed by atoms with E-state index in [-0.39, 0.29) is 12.0 Å². The van der Waals surface area contributed by atoms with Crippen molar-refractivity contribution in [3.05, 3.63) is 121 Å². The number of carbonyl (C=O) groups is 1. The number of para-hydroxylation sites is 2. The standard InChI is InChI=1S/C24H30N2O4S.C19H22N2O2S/c1-24(2,3)30-23(27)26-14-12-17(13-15-26)19-10-7-11-20-21(16-25-22(19)20)31(28,29)18-8-5-4-6-9-18;22-24(23,15-5-2-1-3-6-15)18-13-21-19-16(7-4-8-17(18)19)14-9-11-20-12-10-14/h4-11,16-17,25,28-29H,12-15H2,1-3H3;1-8,13-14,20-23H,9-12H2. The first-order valence-corrected chi connectivity index (χ1v) is 22.0. The lowest BCUT2D eigenvalue weighted by molar-refractivity contribution is 0.0205. The second-order valence-electron chi connectivity index (χ2n) is 15.3. The third kappa shape index (κ3) is 8.31. The number of rotatable bonds is 6. The zero-order valence-electron chi connectivity index (χ0n) is 31.6. The average molecular weight is 785 g/mol. The zero-order chi connectivity index (χ0) is 38.8. The number of hydrogen-bond acceptors (Lipinski definition) is 7. The van der Waals surface area contributed by atoms with Gasteiger partial charge in [-0.25, -0.2) is 4.79 Å². The molecule has 0 unspecified atom stereocenters. The highest BCUT2D eigenvalue weighted by atomic mass is 32.3. The fourth-order valence-electron chi connectivity index (χ4n) is 7.76. The lowest BCUT2D eigenvalue weighted by atomic mass is 9.88. The van der Waals surface area contributed by atoms with Gasteiger partial charge in [-0.3, -0.25) is 18.2 Å². The molecular formula is C43H52N4O6S2. The van der Waals surface area contributed by atoms with Crippen LogP contribution >= 0.6 is 21.2 Å². The molecule has 2 aliphatic rings. The number of likely N-dealkylation sites (tertiary alicyclic amines) is 1. The van der Waals surface area contributed by atoms with Crippen molar-refractivity contribution in [2.45, 2.75) is 83.5 Å². The minimum absolute atomic E-state index is 0.261. The molecule has 292 valence electrons. The fraction of sp³-hybridized carbons (Fsp3) is 0.326. The second kappa shape index (κ2) is 16.1. The molecule has 2 fully saturated rings. The Labute approximate surface area is 326 Å². The summed E-state index contributed by atoms with van der Waals surface area (Å²) in [4.78, 5) is 22.9. The Morgan fingerprint density at radius 1 is 0.636 bits per heavy atom. The maximum Gasteiger partial charge on any atom is 0.410 e. The number of nitrogens with one attached hydrogen (secondary N) is 3. The highest BCUT2D eigenvalue weighted by Crippen LogP contribution is 2.59. The predicted octanol–water partition coefficient (Wildman–Crippen LogP) is 11.3. The molecule has 8 rings (SSSR count). The van der Waals surface area contributed by atoms with Crippen molar-refractivity contribution in [2.24, 2.45) is 0 Å². The summed E-state index contributed by atoms with van der Waals surface area (Å²) in [6.45, 7) is 8.98. The minimum Gasteiger partial charge on any atom is -0.444 e. The first kappa shape index (κ1) is 39.0. The van der Waals surface area contributed by atoms with E-state index in [1.807, 2.05) is 81.4 Å². The zero-order valence-corrected chi connectivity index (χ0v) is 33.2. The molecule has 0 radical (unpaired) electrons. The molecule has 10 nitrogen and oxygen atoms in total. The van der Waals surface area contributed by atoms with Crippen LogP contribution in [0.25, 0.3) is 21.8 Å². The summed E-state index contributed by atoms with van der Waals surface area (Å²) in [6, 6.07) is 30.2. The number of ether oxygens (including phenoxy) is 1. The molecule has 4 aromatic carbocycles. The Kier molecular flexibility index (Phi) is 11.4. The van der Waals surface area contributed by atoms with Gasteiger partial charge in [-0.2, -0.15) is 0 Å². The maximum atomic E-state index is 12.4. The number of piperidine rings is 2. The first-order valence-electron chi connectivity index (χ1n) is 18.9. The average Bonchev–Trinajstić information content (AvgIpc) is 3.85. The Morgan fingerprint density at radius 3 is 1.51 bits per heavy atom. The van der Waals surface area contributed by atoms with Crippen molar-refractivity contribution in [3.8, 4) is 0 Å². The van der Waals surface area contributed by atoms with Crippen LogP contribution in [-0.4, -0.2) is 71.0 Å². The first-order chi connectivity index (χ1) is 26.3. The van der Waals surface area contributed by atoms with Crippen LogP contribution in [0.2, 0.25) is 0 Å². The monoisotopic (exact) mass is 784 g/mol. The lowest BCUT2D eigenvalue weighted by Gasteiger charge is -2.34. The van der Waals surface area contributed by atoms with E-state index in [1.54, 1.807) is 41.6 Å². The highest BCUT2D eigenvalue weighted by molar-refractivity contribution is 8.24. The summed E-state index contributed by atoms with van der Waals surface area (Å²) in [7, 11) is -6.12. The second-order valence-corrected chi connectivity index (χ2v) is 19.4. The van der Waals surface area contributed by atoms with Crippen molar-refractivity contribution in [3.63, 3.8) is 0 Å². The maximum absolute atomic E-state index is 12.4. The number of carbonyl (C=O) groups excluding carboxylic acids is 1. The van der Waals surface area contributed by atoms with Crippen LogP contribution in [0.1, 0.15) is 69.4 Å². The SMILES string of the molecule is CC(C)(C)OC(=O)N1CCC(c2cccc3c(S(O)(O)c4ccccc4)c[nH]c23)CC1.OS(O)(c1ccccc1)c1c[nH]c2c(C3CCNCC3)cccc12. The normalized spacial score (nSPS) is 16.8. The highest BCUT2D eigenvalue weighted by Gasteiger charge is 2.30. The van der Waals surface area contributed by atoms with Crippen LogP contribution in [0, 0.1) is 0 Å². The lowest BCUT2D eigenvalue weighted by Crippen LogP contribution is -2.41. The fourth-order valence-corrected chi connectivity index (χ4v) is 10.7. The molecule has 0 bridgehead atoms. The molecule has 2 aromatic heterocycles. The summed E-state index contributed by atoms with van der Waals surface area (Å²) < 4.78 is 49.2. The van der Waals surface area contributed by atoms with Gasteiger partial charge in [0.15, 0.2) is 0 Å². The number of nitrogens with zero attached hydrogens (tertiary/aromatic N) is 1. The Morgan fingerprint density at radius 2 is 1.07 bits per heavy atom. The van der Waals surface area contributed by atoms with Gasteiger partial charge < -0.3 is 24.9 Å². The van der Waals surface area contributed by atoms with Crippen LogP contribution in [0.5, 0.6) is 0 Å². The number of benzene rings is 4. The number of hydrogen-bond donors (Lipinski definition) is 7. The van der Waals surface area contributed by atoms with Crippen LogP contribution in [-0.2, 0) is 4.74 Å². The van der Waals surface area contributed by atoms with Gasteiger partial charge in [-0.1, -0.05) is 72.8 Å². The van der Waals surface area contributed by atoms with Gasteiger partial charge in [-0.15, -0.1) is 21.2 Å². The smallest absolute Gasteiger partial charge is 0.410 e. The Balaban J connectivity index is 0.000000174. The molecule has 0 spiro atoms. The van der Waals surface area contributed by atoms with Crippen LogP contribution < -0.4 is 5.32 Å². The van der Waals surface area contributed by atoms with Crippen molar-refractivity contribution in [1.29, 1.82) is 0 Å². The van der Waals surface area contributed by atoms with Gasteiger partial charge in [-0.05, 0) is 107 Å². The van der Waals surface area contributed by atoms with Crippen LogP contribution in [0.4, 0.5) is 4.79 Å². The molecule has 12 heteroatoms. The molecule has 0 aliphatic carbocycles. The number of aromatic amines is 2. The van der Waals surface area contributed by atoms with Crippen LogP contribution in [0.3, 0.4) is 0 Å². The molecule has 2 aliphatic heterocycles. The molecule has 2 saturated heterocycles. The van der Waals surface area contributed by atoms with Gasteiger partial charge in [0.05, 0.1) is 30.6 Å². The van der Waals surface area contributed by atoms with Gasteiger partial charge in [0, 0.05) is 36.3 Å². The summed E-state index contributed by atoms with van der Waals surface area (Å²) in [5, 5.41) is 5.14. The van der Waals surface area contributed by atoms with E-state index in [9.17, 15) is 23.0 Å². The van der Waals surface area contributed by atoms with Crippen molar-refractivity contribution < 1.29 is 27.7 Å². The molecular weight excluding hydrogens is 733 g/mol. The molecule has 0 atom stereocenters. The number of H-pyrrole nitrogens is 2. The Bertz CT molecular complexity index is 2220. The van der Waals surface area contributed by atoms with E-state index in [0.29, 0.717) is 38.6 Å². The third-order valence-corrected chi connectivity index (χ3v) is 14.3. The molecule has 6 aromatic rings. The molecule has 7 N–H and O–H groups in total. The van der Waals surface area contributed by atoms with Crippen molar-refractivity contribution in [1.82, 2.24) is 20.2 Å². The summed E-state index contributed by atoms with van der Waals surface area (Å²) in [5.41, 5.74) is 3.90. The largest absolute Gasteiger partial charge is 0.444 e. The number of aromatic nitrogens is 2. The number of amides is 1. The molecule has 1 amide bonds. The van der Waals surface area contributed by atoms with Gasteiger partial charge in [0.25, 0.3) is 0 Å². The van der Waals surface area contributed by atoms with Crippen LogP contribution in [0.15, 0.2) is 129 Å². The summed E-state index contributed by atoms with van der Waals surface area (Å²) in [6.07, 6.45) is 7.11. The summed E-state index contributed by atoms with van der Waals surface area (Å²) in [5.74, 6) is 0.798. The van der Waals surface area contributed by atoms with E-state index < -0.39 is 26.8 Å². The summed E-state index contributed by atoms with van der Waals surface area (Å²) >= 11 is 0. The van der Waals surface area contributed by atoms with Gasteiger partial charge >= 0.3 is 6.09 Å². The van der Waals surface area contributed by atoms with Crippen molar-refractivity contribution in [2.75, 3.05) is 26.2 Å². The number of fused-ring (bicyclic) bond motifs is 2. The van der Waals surface area contributed by atoms with E-state index >= 15 is 0 Å². The van der Waals surface area contributed by atoms with Gasteiger partial charge in [0.2, 0.25) is 0 Å². The topological polar surface area (TPSA) is 154 Å². The third-order valence-electron chi connectivity index (χ3n) is 10.5. The van der Waals surface area contributed by atoms with E-state index in [0.717, 1.165) is 66.1 Å². The van der Waals surface area contributed by atoms with E-state index in [4.69, 9.17) is 4.74 Å². The van der Waals surface area contributed by atoms with Gasteiger partial charge in [0.1, 0.15) is 5.60 Å². The predicted molar refractivity (Wildman–Crippen MR) is 223 cm³/mol. The van der Waals surface area contributed by atoms with E-state index in [2.05, 4.69) is 27.4 Å². The minimum atomic E-state index is -3.11. The molecule has 0 saturated carbocycles.